The maximum atomic E-state index is 13.6. The van der Waals surface area contributed by atoms with Crippen molar-refractivity contribution in [2.75, 3.05) is 18.0 Å². The van der Waals surface area contributed by atoms with E-state index in [9.17, 15) is 18.4 Å². The standard InChI is InChI=1S/C12H12F2N2O2/c1-2-15-6-5-11(17)16(12(15)18)10-4-3-8(13)7-9(10)14/h3-4,7H,2,5-6H2,1H3. The van der Waals surface area contributed by atoms with E-state index in [1.54, 1.807) is 6.92 Å². The molecule has 0 bridgehead atoms. The van der Waals surface area contributed by atoms with E-state index in [2.05, 4.69) is 0 Å². The normalized spacial score (nSPS) is 16.4. The summed E-state index contributed by atoms with van der Waals surface area (Å²) < 4.78 is 26.4. The summed E-state index contributed by atoms with van der Waals surface area (Å²) in [5.74, 6) is -2.15. The Morgan fingerprint density at radius 1 is 1.28 bits per heavy atom. The minimum absolute atomic E-state index is 0.135. The molecule has 1 fully saturated rings. The van der Waals surface area contributed by atoms with E-state index in [1.165, 1.54) is 4.90 Å². The third-order valence-electron chi connectivity index (χ3n) is 2.84. The smallest absolute Gasteiger partial charge is 0.324 e. The lowest BCUT2D eigenvalue weighted by Gasteiger charge is -2.33. The van der Waals surface area contributed by atoms with E-state index in [-0.39, 0.29) is 12.1 Å². The minimum Gasteiger partial charge on any atom is -0.324 e. The van der Waals surface area contributed by atoms with Crippen molar-refractivity contribution in [3.8, 4) is 0 Å². The van der Waals surface area contributed by atoms with E-state index in [0.717, 1.165) is 17.0 Å². The number of hydrogen-bond acceptors (Lipinski definition) is 2. The highest BCUT2D eigenvalue weighted by Gasteiger charge is 2.33. The zero-order valence-electron chi connectivity index (χ0n) is 9.82. The third-order valence-corrected chi connectivity index (χ3v) is 2.84. The largest absolute Gasteiger partial charge is 0.331 e. The van der Waals surface area contributed by atoms with Gasteiger partial charge >= 0.3 is 6.03 Å². The zero-order valence-corrected chi connectivity index (χ0v) is 9.82. The number of amides is 3. The maximum Gasteiger partial charge on any atom is 0.331 e. The molecule has 1 heterocycles. The first-order valence-corrected chi connectivity index (χ1v) is 5.61. The van der Waals surface area contributed by atoms with Crippen molar-refractivity contribution in [3.05, 3.63) is 29.8 Å². The molecular formula is C12H12F2N2O2. The van der Waals surface area contributed by atoms with Crippen LogP contribution in [0.1, 0.15) is 13.3 Å². The van der Waals surface area contributed by atoms with Crippen LogP contribution in [-0.2, 0) is 4.79 Å². The molecule has 0 radical (unpaired) electrons. The van der Waals surface area contributed by atoms with Crippen molar-refractivity contribution in [2.45, 2.75) is 13.3 Å². The van der Waals surface area contributed by atoms with Gasteiger partial charge in [0.05, 0.1) is 5.69 Å². The van der Waals surface area contributed by atoms with Gasteiger partial charge in [-0.25, -0.2) is 18.5 Å². The van der Waals surface area contributed by atoms with Gasteiger partial charge in [0.1, 0.15) is 11.6 Å². The van der Waals surface area contributed by atoms with Gasteiger partial charge in [-0.1, -0.05) is 0 Å². The monoisotopic (exact) mass is 254 g/mol. The molecule has 1 aromatic carbocycles. The lowest BCUT2D eigenvalue weighted by atomic mass is 10.2. The Balaban J connectivity index is 2.40. The lowest BCUT2D eigenvalue weighted by Crippen LogP contribution is -2.52. The van der Waals surface area contributed by atoms with Crippen LogP contribution < -0.4 is 4.90 Å². The Labute approximate surface area is 103 Å². The molecule has 0 saturated carbocycles. The number of benzene rings is 1. The predicted molar refractivity (Wildman–Crippen MR) is 61.1 cm³/mol. The first-order chi connectivity index (χ1) is 8.54. The van der Waals surface area contributed by atoms with Crippen LogP contribution in [0.25, 0.3) is 0 Å². The molecule has 3 amide bonds. The molecule has 0 aliphatic carbocycles. The molecule has 2 rings (SSSR count). The highest BCUT2D eigenvalue weighted by molar-refractivity contribution is 6.15. The summed E-state index contributed by atoms with van der Waals surface area (Å²) in [5, 5.41) is 0. The predicted octanol–water partition coefficient (Wildman–Crippen LogP) is 2.14. The van der Waals surface area contributed by atoms with Crippen LogP contribution in [0, 0.1) is 11.6 Å². The molecule has 1 aliphatic heterocycles. The maximum absolute atomic E-state index is 13.6. The molecule has 0 spiro atoms. The van der Waals surface area contributed by atoms with Gasteiger partial charge in [0.2, 0.25) is 5.91 Å². The quantitative estimate of drug-likeness (QED) is 0.811. The molecule has 1 saturated heterocycles. The van der Waals surface area contributed by atoms with Crippen molar-refractivity contribution in [2.24, 2.45) is 0 Å². The second-order valence-electron chi connectivity index (χ2n) is 3.94. The topological polar surface area (TPSA) is 40.6 Å². The second-order valence-corrected chi connectivity index (χ2v) is 3.94. The number of nitrogens with zero attached hydrogens (tertiary/aromatic N) is 2. The summed E-state index contributed by atoms with van der Waals surface area (Å²) in [7, 11) is 0. The average molecular weight is 254 g/mol. The molecule has 18 heavy (non-hydrogen) atoms. The van der Waals surface area contributed by atoms with Crippen molar-refractivity contribution in [3.63, 3.8) is 0 Å². The zero-order chi connectivity index (χ0) is 13.3. The second kappa shape index (κ2) is 4.72. The summed E-state index contributed by atoms with van der Waals surface area (Å²) in [5.41, 5.74) is -0.204. The summed E-state index contributed by atoms with van der Waals surface area (Å²) >= 11 is 0. The fourth-order valence-corrected chi connectivity index (χ4v) is 1.88. The lowest BCUT2D eigenvalue weighted by molar-refractivity contribution is -0.119. The molecular weight excluding hydrogens is 242 g/mol. The Morgan fingerprint density at radius 3 is 2.61 bits per heavy atom. The van der Waals surface area contributed by atoms with E-state index in [0.29, 0.717) is 19.2 Å². The van der Waals surface area contributed by atoms with E-state index >= 15 is 0 Å². The van der Waals surface area contributed by atoms with Gasteiger partial charge in [0.25, 0.3) is 0 Å². The highest BCUT2D eigenvalue weighted by Crippen LogP contribution is 2.24. The molecule has 1 aromatic rings. The molecule has 0 atom stereocenters. The van der Waals surface area contributed by atoms with Gasteiger partial charge < -0.3 is 4.90 Å². The summed E-state index contributed by atoms with van der Waals surface area (Å²) in [6.45, 7) is 2.53. The van der Waals surface area contributed by atoms with Gasteiger partial charge in [0.15, 0.2) is 0 Å². The number of hydrogen-bond donors (Lipinski definition) is 0. The number of anilines is 1. The van der Waals surface area contributed by atoms with Gasteiger partial charge in [-0.05, 0) is 19.1 Å². The van der Waals surface area contributed by atoms with Gasteiger partial charge in [-0.3, -0.25) is 4.79 Å². The van der Waals surface area contributed by atoms with E-state index < -0.39 is 23.6 Å². The Kier molecular flexibility index (Phi) is 3.27. The van der Waals surface area contributed by atoms with Crippen molar-refractivity contribution < 1.29 is 18.4 Å². The van der Waals surface area contributed by atoms with E-state index in [4.69, 9.17) is 0 Å². The number of urea groups is 1. The molecule has 0 N–H and O–H groups in total. The number of carbonyl (C=O) groups is 2. The molecule has 4 nitrogen and oxygen atoms in total. The molecule has 6 heteroatoms. The molecule has 0 aromatic heterocycles. The first kappa shape index (κ1) is 12.5. The summed E-state index contributed by atoms with van der Waals surface area (Å²) in [6, 6.07) is 2.20. The highest BCUT2D eigenvalue weighted by atomic mass is 19.1. The molecule has 96 valence electrons. The van der Waals surface area contributed by atoms with Crippen LogP contribution in [0.5, 0.6) is 0 Å². The fourth-order valence-electron chi connectivity index (χ4n) is 1.88. The van der Waals surface area contributed by atoms with E-state index in [1.807, 2.05) is 0 Å². The minimum atomic E-state index is -0.922. The fraction of sp³-hybridized carbons (Fsp3) is 0.333. The van der Waals surface area contributed by atoms with Crippen molar-refractivity contribution >= 4 is 17.6 Å². The number of halogens is 2. The van der Waals surface area contributed by atoms with Crippen LogP contribution in [0.4, 0.5) is 19.3 Å². The van der Waals surface area contributed by atoms with Gasteiger partial charge in [-0.15, -0.1) is 0 Å². The molecule has 0 unspecified atom stereocenters. The Morgan fingerprint density at radius 2 is 2.00 bits per heavy atom. The van der Waals surface area contributed by atoms with Crippen LogP contribution in [-0.4, -0.2) is 29.9 Å². The Hall–Kier alpha value is -1.98. The van der Waals surface area contributed by atoms with Crippen LogP contribution in [0.15, 0.2) is 18.2 Å². The average Bonchev–Trinajstić information content (AvgIpc) is 2.32. The SMILES string of the molecule is CCN1CCC(=O)N(c2ccc(F)cc2F)C1=O. The van der Waals surface area contributed by atoms with Gasteiger partial charge in [-0.2, -0.15) is 0 Å². The molecule has 1 aliphatic rings. The number of rotatable bonds is 2. The third kappa shape index (κ3) is 2.05. The number of imide groups is 1. The van der Waals surface area contributed by atoms with Crippen molar-refractivity contribution in [1.29, 1.82) is 0 Å². The van der Waals surface area contributed by atoms with Crippen LogP contribution >= 0.6 is 0 Å². The summed E-state index contributed by atoms with van der Waals surface area (Å²) in [6.07, 6.45) is 0.135. The van der Waals surface area contributed by atoms with Crippen LogP contribution in [0.3, 0.4) is 0 Å². The first-order valence-electron chi connectivity index (χ1n) is 5.61. The Bertz CT molecular complexity index is 505. The summed E-state index contributed by atoms with van der Waals surface area (Å²) in [4.78, 5) is 25.9. The van der Waals surface area contributed by atoms with Crippen molar-refractivity contribution in [1.82, 2.24) is 4.90 Å². The van der Waals surface area contributed by atoms with Crippen LogP contribution in [0.2, 0.25) is 0 Å². The van der Waals surface area contributed by atoms with Gasteiger partial charge in [0, 0.05) is 25.6 Å². The number of carbonyl (C=O) groups excluding carboxylic acids is 2.